The molecule has 0 aromatic rings. The Labute approximate surface area is 358 Å². The topological polar surface area (TPSA) is 149 Å². The number of rotatable bonds is 45. The molecule has 0 atom stereocenters. The van der Waals surface area contributed by atoms with Gasteiger partial charge in [0.15, 0.2) is 0 Å². The molecule has 0 aliphatic rings. The Balaban J connectivity index is -0.000000783. The number of carboxylic acid groups (broad SMARTS) is 4. The van der Waals surface area contributed by atoms with Crippen molar-refractivity contribution >= 4 is 23.9 Å². The average molecular weight is 827 g/mol. The summed E-state index contributed by atoms with van der Waals surface area (Å²) >= 11 is 0. The zero-order valence-corrected chi connectivity index (χ0v) is 38.5. The molecule has 0 aromatic carbocycles. The Morgan fingerprint density at radius 2 is 0.310 bits per heavy atom. The summed E-state index contributed by atoms with van der Waals surface area (Å²) in [4.78, 5) is 41.2. The third-order valence-electron chi connectivity index (χ3n) is 11.0. The zero-order valence-electron chi connectivity index (χ0n) is 38.5. The number of carboxylic acids is 4. The van der Waals surface area contributed by atoms with Crippen LogP contribution in [0, 0.1) is 0 Å². The molecular formula is C50H98O8. The quantitative estimate of drug-likeness (QED) is 0.0443. The SMILES string of the molecule is CCCCCCCCCCCCCCCCC(=O)O.CCCCCCCCCCCCCCCCC(=O)O.O=C(O)CCCCCCCCCCCCCCC(=O)O. The molecular weight excluding hydrogens is 729 g/mol. The van der Waals surface area contributed by atoms with Crippen molar-refractivity contribution in [1.82, 2.24) is 0 Å². The highest BCUT2D eigenvalue weighted by Crippen LogP contribution is 2.16. The third kappa shape index (κ3) is 68.6. The first-order valence-electron chi connectivity index (χ1n) is 25.0. The van der Waals surface area contributed by atoms with Gasteiger partial charge in [-0.25, -0.2) is 0 Å². The first-order valence-corrected chi connectivity index (χ1v) is 25.0. The summed E-state index contributed by atoms with van der Waals surface area (Å²) in [6, 6.07) is 0. The van der Waals surface area contributed by atoms with Gasteiger partial charge < -0.3 is 20.4 Å². The molecule has 4 N–H and O–H groups in total. The van der Waals surface area contributed by atoms with Crippen molar-refractivity contribution in [2.75, 3.05) is 0 Å². The van der Waals surface area contributed by atoms with E-state index in [1.807, 2.05) is 0 Å². The summed E-state index contributed by atoms with van der Waals surface area (Å²) < 4.78 is 0. The van der Waals surface area contributed by atoms with Gasteiger partial charge in [-0.1, -0.05) is 245 Å². The largest absolute Gasteiger partial charge is 0.481 e. The number of hydrogen-bond donors (Lipinski definition) is 4. The monoisotopic (exact) mass is 827 g/mol. The lowest BCUT2D eigenvalue weighted by atomic mass is 10.0. The van der Waals surface area contributed by atoms with E-state index in [9.17, 15) is 19.2 Å². The van der Waals surface area contributed by atoms with E-state index in [0.29, 0.717) is 25.7 Å². The molecule has 0 spiro atoms. The van der Waals surface area contributed by atoms with Gasteiger partial charge in [-0.3, -0.25) is 19.2 Å². The van der Waals surface area contributed by atoms with Crippen LogP contribution in [0.3, 0.4) is 0 Å². The molecule has 8 heteroatoms. The van der Waals surface area contributed by atoms with Crippen LogP contribution in [0.15, 0.2) is 0 Å². The van der Waals surface area contributed by atoms with Crippen molar-refractivity contribution in [3.63, 3.8) is 0 Å². The summed E-state index contributed by atoms with van der Waals surface area (Å²) in [6.07, 6.45) is 51.6. The maximum atomic E-state index is 10.3. The van der Waals surface area contributed by atoms with Crippen LogP contribution < -0.4 is 0 Å². The molecule has 0 saturated heterocycles. The minimum Gasteiger partial charge on any atom is -0.481 e. The van der Waals surface area contributed by atoms with Gasteiger partial charge in [-0.05, 0) is 25.7 Å². The Bertz CT molecular complexity index is 777. The van der Waals surface area contributed by atoms with Crippen LogP contribution in [0.4, 0.5) is 0 Å². The Hall–Kier alpha value is -2.12. The van der Waals surface area contributed by atoms with Crippen LogP contribution >= 0.6 is 0 Å². The van der Waals surface area contributed by atoms with Crippen molar-refractivity contribution in [2.24, 2.45) is 0 Å². The van der Waals surface area contributed by atoms with Crippen LogP contribution in [0.5, 0.6) is 0 Å². The molecule has 0 amide bonds. The molecule has 0 fully saturated rings. The lowest BCUT2D eigenvalue weighted by molar-refractivity contribution is -0.138. The van der Waals surface area contributed by atoms with Crippen molar-refractivity contribution in [2.45, 2.75) is 296 Å². The first-order chi connectivity index (χ1) is 28.2. The fourth-order valence-electron chi connectivity index (χ4n) is 7.26. The van der Waals surface area contributed by atoms with E-state index in [1.54, 1.807) is 0 Å². The molecule has 58 heavy (non-hydrogen) atoms. The molecule has 0 aromatic heterocycles. The molecule has 0 aliphatic carbocycles. The van der Waals surface area contributed by atoms with E-state index in [-0.39, 0.29) is 0 Å². The van der Waals surface area contributed by atoms with Crippen molar-refractivity contribution < 1.29 is 39.6 Å². The summed E-state index contributed by atoms with van der Waals surface area (Å²) in [5, 5.41) is 34.0. The molecule has 0 bridgehead atoms. The van der Waals surface area contributed by atoms with E-state index in [2.05, 4.69) is 13.8 Å². The molecule has 0 unspecified atom stereocenters. The predicted octanol–water partition coefficient (Wildman–Crippen LogP) is 16.5. The van der Waals surface area contributed by atoms with Gasteiger partial charge in [0.2, 0.25) is 0 Å². The van der Waals surface area contributed by atoms with E-state index in [4.69, 9.17) is 20.4 Å². The smallest absolute Gasteiger partial charge is 0.303 e. The molecule has 0 heterocycles. The molecule has 8 nitrogen and oxygen atoms in total. The van der Waals surface area contributed by atoms with Gasteiger partial charge in [0.1, 0.15) is 0 Å². The molecule has 0 saturated carbocycles. The zero-order chi connectivity index (χ0) is 43.4. The molecule has 0 aliphatic heterocycles. The van der Waals surface area contributed by atoms with Crippen molar-refractivity contribution in [1.29, 1.82) is 0 Å². The van der Waals surface area contributed by atoms with Gasteiger partial charge in [0.05, 0.1) is 0 Å². The maximum Gasteiger partial charge on any atom is 0.303 e. The number of hydrogen-bond acceptors (Lipinski definition) is 4. The molecule has 346 valence electrons. The second-order valence-electron chi connectivity index (χ2n) is 17.0. The standard InChI is InChI=1S/2C17H34O2.C16H30O4/c2*1-2-3-4-5-6-7-8-9-10-11-12-13-14-15-16-17(18)19;17-15(18)13-11-9-7-5-3-1-2-4-6-8-10-12-14-16(19)20/h2*2-16H2,1H3,(H,18,19);1-14H2,(H,17,18)(H,19,20). The van der Waals surface area contributed by atoms with Gasteiger partial charge in [-0.15, -0.1) is 0 Å². The number of aliphatic carboxylic acids is 4. The number of carbonyl (C=O) groups is 4. The van der Waals surface area contributed by atoms with E-state index < -0.39 is 23.9 Å². The molecule has 0 radical (unpaired) electrons. The summed E-state index contributed by atoms with van der Waals surface area (Å²) in [5.41, 5.74) is 0. The van der Waals surface area contributed by atoms with Gasteiger partial charge in [0.25, 0.3) is 0 Å². The maximum absolute atomic E-state index is 10.3. The summed E-state index contributed by atoms with van der Waals surface area (Å²) in [6.45, 7) is 4.53. The Morgan fingerprint density at radius 3 is 0.414 bits per heavy atom. The Kier molecular flexibility index (Phi) is 56.9. The van der Waals surface area contributed by atoms with E-state index in [1.165, 1.54) is 193 Å². The second kappa shape index (κ2) is 54.9. The fourth-order valence-corrected chi connectivity index (χ4v) is 7.26. The van der Waals surface area contributed by atoms with Gasteiger partial charge in [0, 0.05) is 25.7 Å². The second-order valence-corrected chi connectivity index (χ2v) is 17.0. The summed E-state index contributed by atoms with van der Waals surface area (Å²) in [7, 11) is 0. The van der Waals surface area contributed by atoms with Crippen LogP contribution in [0.2, 0.25) is 0 Å². The lowest BCUT2D eigenvalue weighted by Crippen LogP contribution is -1.93. The highest BCUT2D eigenvalue weighted by Gasteiger charge is 2.00. The van der Waals surface area contributed by atoms with Crippen molar-refractivity contribution in [3.05, 3.63) is 0 Å². The first kappa shape index (κ1) is 60.2. The third-order valence-corrected chi connectivity index (χ3v) is 11.0. The average Bonchev–Trinajstić information content (AvgIpc) is 3.18. The van der Waals surface area contributed by atoms with Crippen LogP contribution in [0.25, 0.3) is 0 Å². The van der Waals surface area contributed by atoms with E-state index in [0.717, 1.165) is 64.2 Å². The predicted molar refractivity (Wildman–Crippen MR) is 245 cm³/mol. The number of unbranched alkanes of at least 4 members (excludes halogenated alkanes) is 37. The van der Waals surface area contributed by atoms with Crippen molar-refractivity contribution in [3.8, 4) is 0 Å². The lowest BCUT2D eigenvalue weighted by Gasteiger charge is -2.02. The fraction of sp³-hybridized carbons (Fsp3) is 0.920. The normalized spacial score (nSPS) is 10.7. The highest BCUT2D eigenvalue weighted by molar-refractivity contribution is 5.67. The molecule has 0 rings (SSSR count). The highest BCUT2D eigenvalue weighted by atomic mass is 16.4. The minimum atomic E-state index is -0.687. The Morgan fingerprint density at radius 1 is 0.207 bits per heavy atom. The summed E-state index contributed by atoms with van der Waals surface area (Å²) in [5.74, 6) is -2.68. The van der Waals surface area contributed by atoms with Crippen LogP contribution in [-0.2, 0) is 19.2 Å². The van der Waals surface area contributed by atoms with Crippen LogP contribution in [-0.4, -0.2) is 44.3 Å². The van der Waals surface area contributed by atoms with Crippen LogP contribution in [0.1, 0.15) is 296 Å². The van der Waals surface area contributed by atoms with Gasteiger partial charge >= 0.3 is 23.9 Å². The van der Waals surface area contributed by atoms with E-state index >= 15 is 0 Å². The van der Waals surface area contributed by atoms with Gasteiger partial charge in [-0.2, -0.15) is 0 Å². The minimum absolute atomic E-state index is 0.307.